The lowest BCUT2D eigenvalue weighted by atomic mass is 10.0. The van der Waals surface area contributed by atoms with Crippen LogP contribution in [0.15, 0.2) is 182 Å². The first-order valence-corrected chi connectivity index (χ1v) is 27.2. The molecule has 0 atom stereocenters. The van der Waals surface area contributed by atoms with Crippen LogP contribution in [0, 0.1) is 30.2 Å². The molecular formula is C67H48ClF10N3O12. The molecule has 480 valence electrons. The van der Waals surface area contributed by atoms with Gasteiger partial charge in [-0.1, -0.05) is 29.8 Å². The van der Waals surface area contributed by atoms with E-state index in [1.165, 1.54) is 103 Å². The van der Waals surface area contributed by atoms with Crippen molar-refractivity contribution in [1.29, 1.82) is 0 Å². The minimum Gasteiger partial charge on any atom is -0.478 e. The standard InChI is InChI=1S/C23H18F3NO4.C22H15ClF3NO4.C22H15F4NO4/c1-13-11-16(24)6-10-19(13)31-20-12-15(23(2,25)26)5-9-18(20)21(28)27-17-7-3-14(4-8-17)22(29)30;1-22(25,26)13-4-8-16(19(10-13)31-18-9-5-14(24)11-17(18)23)20(28)27-15-6-2-12(3-7-15)21(29)30;1-22(25,26)13-4-8-16(19(10-13)31-18-9-5-14(23)11-17(18)24)20(28)27-15-6-2-12(3-7-15)21(29)30/h3-12H,1-2H3,(H,27,28)(H,29,30);2*2-11H,1H3,(H,27,28)(H,29,30). The normalized spacial score (nSPS) is 11.1. The summed E-state index contributed by atoms with van der Waals surface area (Å²) in [5, 5.41) is 34.3. The van der Waals surface area contributed by atoms with Gasteiger partial charge in [0.05, 0.1) is 38.4 Å². The lowest BCUT2D eigenvalue weighted by Crippen LogP contribution is -2.15. The van der Waals surface area contributed by atoms with Gasteiger partial charge in [0.15, 0.2) is 11.6 Å². The fourth-order valence-corrected chi connectivity index (χ4v) is 8.29. The van der Waals surface area contributed by atoms with Crippen molar-refractivity contribution in [3.8, 4) is 34.5 Å². The Balaban J connectivity index is 0.000000198. The number of alkyl halides is 6. The molecule has 0 aliphatic rings. The molecule has 0 fully saturated rings. The quantitative estimate of drug-likeness (QED) is 0.0441. The zero-order valence-electron chi connectivity index (χ0n) is 48.5. The molecule has 0 saturated carbocycles. The SMILES string of the molecule is CC(F)(F)c1ccc(C(=O)Nc2ccc(C(=O)O)cc2)c(Oc2ccc(F)cc2Cl)c1.CC(F)(F)c1ccc(C(=O)Nc2ccc(C(=O)O)cc2)c(Oc2ccc(F)cc2F)c1.Cc1cc(F)ccc1Oc1cc(C(C)(F)F)ccc1C(=O)Nc1ccc(C(=O)O)cc1. The van der Waals surface area contributed by atoms with Crippen molar-refractivity contribution in [3.05, 3.63) is 266 Å². The third-order valence-electron chi connectivity index (χ3n) is 13.0. The van der Waals surface area contributed by atoms with Crippen LogP contribution < -0.4 is 30.2 Å². The van der Waals surface area contributed by atoms with Crippen LogP contribution in [0.25, 0.3) is 0 Å². The molecule has 0 aliphatic heterocycles. The molecule has 0 saturated heterocycles. The number of benzene rings is 9. The summed E-state index contributed by atoms with van der Waals surface area (Å²) in [5.74, 6) is -19.2. The third-order valence-corrected chi connectivity index (χ3v) is 13.2. The van der Waals surface area contributed by atoms with E-state index in [2.05, 4.69) is 16.0 Å². The highest BCUT2D eigenvalue weighted by atomic mass is 35.5. The number of carboxylic acids is 3. The number of carbonyl (C=O) groups is 6. The highest BCUT2D eigenvalue weighted by Gasteiger charge is 2.30. The van der Waals surface area contributed by atoms with Crippen molar-refractivity contribution in [2.24, 2.45) is 0 Å². The summed E-state index contributed by atoms with van der Waals surface area (Å²) in [6.07, 6.45) is 0. The van der Waals surface area contributed by atoms with Gasteiger partial charge < -0.3 is 45.5 Å². The molecule has 9 aromatic carbocycles. The Kier molecular flexibility index (Phi) is 21.7. The summed E-state index contributed by atoms with van der Waals surface area (Å²) in [6, 6.07) is 35.1. The van der Waals surface area contributed by atoms with Gasteiger partial charge in [-0.3, -0.25) is 14.4 Å². The number of halogens is 11. The van der Waals surface area contributed by atoms with Crippen molar-refractivity contribution in [3.63, 3.8) is 0 Å². The summed E-state index contributed by atoms with van der Waals surface area (Å²) in [5.41, 5.74) is -0.222. The zero-order chi connectivity index (χ0) is 68.3. The number of aromatic carboxylic acids is 3. The molecule has 0 bridgehead atoms. The average Bonchev–Trinajstić information content (AvgIpc) is 0.836. The summed E-state index contributed by atoms with van der Waals surface area (Å²) in [6.45, 7) is 3.65. The van der Waals surface area contributed by atoms with E-state index in [1.807, 2.05) is 0 Å². The molecule has 6 N–H and O–H groups in total. The van der Waals surface area contributed by atoms with Gasteiger partial charge in [0.1, 0.15) is 46.2 Å². The van der Waals surface area contributed by atoms with Gasteiger partial charge in [0.25, 0.3) is 35.5 Å². The molecule has 3 amide bonds. The molecule has 9 rings (SSSR count). The summed E-state index contributed by atoms with van der Waals surface area (Å²) < 4.78 is 153. The lowest BCUT2D eigenvalue weighted by molar-refractivity contribution is 0.0166. The topological polar surface area (TPSA) is 227 Å². The first-order valence-electron chi connectivity index (χ1n) is 26.8. The summed E-state index contributed by atoms with van der Waals surface area (Å²) in [7, 11) is 0. The molecule has 0 aromatic heterocycles. The Morgan fingerprint density at radius 2 is 0.656 bits per heavy atom. The van der Waals surface area contributed by atoms with E-state index in [1.54, 1.807) is 6.92 Å². The zero-order valence-corrected chi connectivity index (χ0v) is 49.2. The van der Waals surface area contributed by atoms with E-state index in [4.69, 9.17) is 41.1 Å². The van der Waals surface area contributed by atoms with Gasteiger partial charge in [-0.2, -0.15) is 0 Å². The predicted octanol–water partition coefficient (Wildman–Crippen LogP) is 18.1. The van der Waals surface area contributed by atoms with Crippen LogP contribution in [-0.4, -0.2) is 50.9 Å². The predicted molar refractivity (Wildman–Crippen MR) is 321 cm³/mol. The van der Waals surface area contributed by atoms with Gasteiger partial charge in [0.2, 0.25) is 0 Å². The van der Waals surface area contributed by atoms with Gasteiger partial charge in [-0.25, -0.2) is 58.3 Å². The van der Waals surface area contributed by atoms with Crippen molar-refractivity contribution in [2.75, 3.05) is 16.0 Å². The Bertz CT molecular complexity index is 3860. The molecule has 15 nitrogen and oxygen atoms in total. The average molecular weight is 1310 g/mol. The monoisotopic (exact) mass is 1310 g/mol. The second-order valence-corrected chi connectivity index (χ2v) is 20.6. The Morgan fingerprint density at radius 3 is 0.957 bits per heavy atom. The van der Waals surface area contributed by atoms with Crippen LogP contribution in [0.5, 0.6) is 34.5 Å². The molecule has 26 heteroatoms. The first-order chi connectivity index (χ1) is 43.6. The smallest absolute Gasteiger partial charge is 0.335 e. The maximum atomic E-state index is 14.0. The molecular weight excluding hydrogens is 1260 g/mol. The number of rotatable bonds is 18. The second kappa shape index (κ2) is 29.2. The van der Waals surface area contributed by atoms with E-state index in [0.717, 1.165) is 79.7 Å². The molecule has 93 heavy (non-hydrogen) atoms. The fourth-order valence-electron chi connectivity index (χ4n) is 8.08. The third kappa shape index (κ3) is 18.9. The van der Waals surface area contributed by atoms with Crippen LogP contribution in [0.4, 0.5) is 61.0 Å². The number of amides is 3. The number of carboxylic acid groups (broad SMARTS) is 3. The lowest BCUT2D eigenvalue weighted by Gasteiger charge is -2.17. The largest absolute Gasteiger partial charge is 0.478 e. The fraction of sp³-hybridized carbons (Fsp3) is 0.104. The molecule has 0 radical (unpaired) electrons. The van der Waals surface area contributed by atoms with Crippen LogP contribution in [-0.2, 0) is 17.8 Å². The van der Waals surface area contributed by atoms with Gasteiger partial charge in [-0.05, 0) is 170 Å². The van der Waals surface area contributed by atoms with Gasteiger partial charge in [-0.15, -0.1) is 0 Å². The number of aryl methyl sites for hydroxylation is 1. The molecule has 0 aliphatic carbocycles. The molecule has 0 spiro atoms. The number of hydrogen-bond donors (Lipinski definition) is 6. The molecule has 0 heterocycles. The van der Waals surface area contributed by atoms with Crippen molar-refractivity contribution in [1.82, 2.24) is 0 Å². The summed E-state index contributed by atoms with van der Waals surface area (Å²) >= 11 is 5.95. The van der Waals surface area contributed by atoms with E-state index in [-0.39, 0.29) is 84.1 Å². The Hall–Kier alpha value is -11.2. The minimum atomic E-state index is -3.26. The van der Waals surface area contributed by atoms with E-state index in [9.17, 15) is 72.7 Å². The number of nitrogens with one attached hydrogen (secondary N) is 3. The highest BCUT2D eigenvalue weighted by molar-refractivity contribution is 6.32. The maximum absolute atomic E-state index is 14.0. The van der Waals surface area contributed by atoms with E-state index in [0.29, 0.717) is 31.2 Å². The van der Waals surface area contributed by atoms with Crippen LogP contribution >= 0.6 is 11.6 Å². The summed E-state index contributed by atoms with van der Waals surface area (Å²) in [4.78, 5) is 71.0. The number of anilines is 3. The van der Waals surface area contributed by atoms with Crippen molar-refractivity contribution < 1.29 is 102 Å². The Labute approximate surface area is 526 Å². The molecule has 0 unspecified atom stereocenters. The minimum absolute atomic E-state index is 0.00309. The van der Waals surface area contributed by atoms with Crippen molar-refractivity contribution >= 4 is 64.3 Å². The van der Waals surface area contributed by atoms with E-state index < -0.39 is 93.5 Å². The maximum Gasteiger partial charge on any atom is 0.335 e. The van der Waals surface area contributed by atoms with Gasteiger partial charge >= 0.3 is 17.9 Å². The van der Waals surface area contributed by atoms with E-state index >= 15 is 0 Å². The number of ether oxygens (including phenoxy) is 3. The van der Waals surface area contributed by atoms with Crippen LogP contribution in [0.1, 0.15) is 105 Å². The highest BCUT2D eigenvalue weighted by Crippen LogP contribution is 2.39. The second-order valence-electron chi connectivity index (χ2n) is 20.2. The number of carbonyl (C=O) groups excluding carboxylic acids is 3. The number of hydrogen-bond acceptors (Lipinski definition) is 9. The van der Waals surface area contributed by atoms with Gasteiger partial charge in [0, 0.05) is 60.6 Å². The first kappa shape index (κ1) is 69.3. The van der Waals surface area contributed by atoms with Crippen LogP contribution in [0.3, 0.4) is 0 Å². The van der Waals surface area contributed by atoms with Crippen molar-refractivity contribution in [2.45, 2.75) is 45.5 Å². The molecule has 9 aromatic rings. The van der Waals surface area contributed by atoms with Crippen LogP contribution in [0.2, 0.25) is 5.02 Å². The Morgan fingerprint density at radius 1 is 0.366 bits per heavy atom.